The summed E-state index contributed by atoms with van der Waals surface area (Å²) in [6.07, 6.45) is 1.77. The van der Waals surface area contributed by atoms with Crippen LogP contribution in [0.5, 0.6) is 0 Å². The van der Waals surface area contributed by atoms with Crippen molar-refractivity contribution in [1.82, 2.24) is 5.32 Å². The lowest BCUT2D eigenvalue weighted by molar-refractivity contribution is -0.126. The van der Waals surface area contributed by atoms with E-state index in [1.807, 2.05) is 37.3 Å². The topological polar surface area (TPSA) is 46.2 Å². The molecule has 1 heterocycles. The molecule has 0 bridgehead atoms. The Kier molecular flexibility index (Phi) is 4.96. The minimum atomic E-state index is -0.224. The highest BCUT2D eigenvalue weighted by Crippen LogP contribution is 2.36. The summed E-state index contributed by atoms with van der Waals surface area (Å²) in [5.41, 5.74) is 1.12. The zero-order chi connectivity index (χ0) is 13.8. The summed E-state index contributed by atoms with van der Waals surface area (Å²) in [6.45, 7) is 2.04. The van der Waals surface area contributed by atoms with Crippen molar-refractivity contribution in [3.8, 4) is 0 Å². The standard InChI is InChI=1S/C15H18INO2/c1-10(11-6-3-2-4-7-11)13-12(8-5-9-16)14(18)17-15(13)19/h2-4,6-7,10,12-13H,5,8-9H2,1H3,(H,17,18,19)/t10-,12+,13+/m1/s1. The first kappa shape index (κ1) is 14.5. The maximum absolute atomic E-state index is 12.0. The average molecular weight is 371 g/mol. The Bertz CT molecular complexity index is 460. The lowest BCUT2D eigenvalue weighted by Crippen LogP contribution is -2.25. The molecule has 1 aromatic carbocycles. The van der Waals surface area contributed by atoms with E-state index in [1.54, 1.807) is 0 Å². The summed E-state index contributed by atoms with van der Waals surface area (Å²) in [7, 11) is 0. The molecule has 1 aliphatic rings. The number of hydrogen-bond donors (Lipinski definition) is 1. The van der Waals surface area contributed by atoms with Crippen molar-refractivity contribution in [1.29, 1.82) is 0 Å². The molecule has 1 N–H and O–H groups in total. The van der Waals surface area contributed by atoms with Crippen LogP contribution >= 0.6 is 22.6 Å². The maximum Gasteiger partial charge on any atom is 0.231 e. The fourth-order valence-corrected chi connectivity index (χ4v) is 3.23. The third kappa shape index (κ3) is 3.16. The Morgan fingerprint density at radius 1 is 1.21 bits per heavy atom. The Morgan fingerprint density at radius 2 is 1.89 bits per heavy atom. The second-order valence-corrected chi connectivity index (χ2v) is 6.10. The van der Waals surface area contributed by atoms with Gasteiger partial charge in [0.2, 0.25) is 11.8 Å². The minimum Gasteiger partial charge on any atom is -0.296 e. The van der Waals surface area contributed by atoms with E-state index in [0.717, 1.165) is 22.8 Å². The Morgan fingerprint density at radius 3 is 2.53 bits per heavy atom. The van der Waals surface area contributed by atoms with Crippen molar-refractivity contribution in [2.75, 3.05) is 4.43 Å². The first-order chi connectivity index (χ1) is 9.15. The number of halogens is 1. The molecule has 3 atom stereocenters. The smallest absolute Gasteiger partial charge is 0.231 e. The molecule has 1 fully saturated rings. The first-order valence-electron chi connectivity index (χ1n) is 6.60. The fraction of sp³-hybridized carbons (Fsp3) is 0.467. The van der Waals surface area contributed by atoms with E-state index in [1.165, 1.54) is 0 Å². The van der Waals surface area contributed by atoms with E-state index in [-0.39, 0.29) is 29.6 Å². The molecule has 1 saturated heterocycles. The van der Waals surface area contributed by atoms with E-state index < -0.39 is 0 Å². The lowest BCUT2D eigenvalue weighted by Gasteiger charge is -2.22. The van der Waals surface area contributed by atoms with Crippen LogP contribution in [0.4, 0.5) is 0 Å². The molecule has 0 saturated carbocycles. The molecule has 2 rings (SSSR count). The number of benzene rings is 1. The van der Waals surface area contributed by atoms with Gasteiger partial charge < -0.3 is 0 Å². The highest BCUT2D eigenvalue weighted by Gasteiger charge is 2.44. The molecule has 0 aliphatic carbocycles. The van der Waals surface area contributed by atoms with Crippen molar-refractivity contribution in [2.24, 2.45) is 11.8 Å². The largest absolute Gasteiger partial charge is 0.296 e. The molecule has 102 valence electrons. The van der Waals surface area contributed by atoms with Gasteiger partial charge in [-0.1, -0.05) is 59.8 Å². The summed E-state index contributed by atoms with van der Waals surface area (Å²) in [5, 5.41) is 2.50. The van der Waals surface area contributed by atoms with Crippen LogP contribution in [0.25, 0.3) is 0 Å². The van der Waals surface area contributed by atoms with Gasteiger partial charge >= 0.3 is 0 Å². The molecule has 19 heavy (non-hydrogen) atoms. The fourth-order valence-electron chi connectivity index (χ4n) is 2.79. The van der Waals surface area contributed by atoms with Gasteiger partial charge in [0.05, 0.1) is 11.8 Å². The van der Waals surface area contributed by atoms with Gasteiger partial charge in [-0.3, -0.25) is 14.9 Å². The van der Waals surface area contributed by atoms with E-state index >= 15 is 0 Å². The van der Waals surface area contributed by atoms with Crippen LogP contribution in [0, 0.1) is 11.8 Å². The minimum absolute atomic E-state index is 0.0758. The molecule has 1 aliphatic heterocycles. The second kappa shape index (κ2) is 6.50. The molecular formula is C15H18INO2. The number of carbonyl (C=O) groups is 2. The summed E-state index contributed by atoms with van der Waals surface area (Å²) < 4.78 is 1.02. The van der Waals surface area contributed by atoms with Gasteiger partial charge in [-0.2, -0.15) is 0 Å². The van der Waals surface area contributed by atoms with Gasteiger partial charge in [0.1, 0.15) is 0 Å². The quantitative estimate of drug-likeness (QED) is 0.492. The van der Waals surface area contributed by atoms with Crippen molar-refractivity contribution >= 4 is 34.4 Å². The summed E-state index contributed by atoms with van der Waals surface area (Å²) >= 11 is 2.31. The Balaban J connectivity index is 2.20. The van der Waals surface area contributed by atoms with Gasteiger partial charge in [0.15, 0.2) is 0 Å². The molecule has 4 heteroatoms. The Labute approximate surface area is 127 Å². The zero-order valence-electron chi connectivity index (χ0n) is 10.9. The number of amides is 2. The number of alkyl halides is 1. The van der Waals surface area contributed by atoms with Crippen LogP contribution in [0.1, 0.15) is 31.2 Å². The predicted octanol–water partition coefficient (Wildman–Crippen LogP) is 2.89. The van der Waals surface area contributed by atoms with Gasteiger partial charge in [0.25, 0.3) is 0 Å². The highest BCUT2D eigenvalue weighted by atomic mass is 127. The SMILES string of the molecule is C[C@H](c1ccccc1)[C@@H]1C(=O)NC(=O)[C@H]1CCCI. The van der Waals surface area contributed by atoms with Crippen molar-refractivity contribution in [3.05, 3.63) is 35.9 Å². The van der Waals surface area contributed by atoms with Crippen LogP contribution in [0.2, 0.25) is 0 Å². The number of hydrogen-bond acceptors (Lipinski definition) is 2. The van der Waals surface area contributed by atoms with Crippen molar-refractivity contribution in [3.63, 3.8) is 0 Å². The summed E-state index contributed by atoms with van der Waals surface area (Å²) in [6, 6.07) is 9.95. The molecule has 2 amide bonds. The molecule has 0 radical (unpaired) electrons. The van der Waals surface area contributed by atoms with Crippen LogP contribution in [0.3, 0.4) is 0 Å². The van der Waals surface area contributed by atoms with E-state index in [9.17, 15) is 9.59 Å². The third-order valence-electron chi connectivity index (χ3n) is 3.83. The number of rotatable bonds is 5. The molecule has 0 unspecified atom stereocenters. The number of carbonyl (C=O) groups excluding carboxylic acids is 2. The number of imide groups is 1. The van der Waals surface area contributed by atoms with Gasteiger partial charge in [-0.05, 0) is 28.8 Å². The third-order valence-corrected chi connectivity index (χ3v) is 4.59. The Hall–Kier alpha value is -0.910. The highest BCUT2D eigenvalue weighted by molar-refractivity contribution is 14.1. The predicted molar refractivity (Wildman–Crippen MR) is 83.1 cm³/mol. The molecular weight excluding hydrogens is 353 g/mol. The molecule has 3 nitrogen and oxygen atoms in total. The van der Waals surface area contributed by atoms with Crippen LogP contribution in [-0.4, -0.2) is 16.2 Å². The normalized spacial score (nSPS) is 24.3. The maximum atomic E-state index is 12.0. The molecule has 1 aromatic rings. The lowest BCUT2D eigenvalue weighted by atomic mass is 9.78. The monoisotopic (exact) mass is 371 g/mol. The van der Waals surface area contributed by atoms with Crippen LogP contribution in [-0.2, 0) is 9.59 Å². The average Bonchev–Trinajstić information content (AvgIpc) is 2.71. The first-order valence-corrected chi connectivity index (χ1v) is 8.13. The van der Waals surface area contributed by atoms with Crippen LogP contribution < -0.4 is 5.32 Å². The van der Waals surface area contributed by atoms with Crippen LogP contribution in [0.15, 0.2) is 30.3 Å². The zero-order valence-corrected chi connectivity index (χ0v) is 13.1. The summed E-state index contributed by atoms with van der Waals surface area (Å²) in [5.74, 6) is -0.523. The van der Waals surface area contributed by atoms with Crippen molar-refractivity contribution < 1.29 is 9.59 Å². The summed E-state index contributed by atoms with van der Waals surface area (Å²) in [4.78, 5) is 23.9. The number of nitrogens with one attached hydrogen (secondary N) is 1. The van der Waals surface area contributed by atoms with E-state index in [2.05, 4.69) is 27.9 Å². The van der Waals surface area contributed by atoms with E-state index in [4.69, 9.17) is 0 Å². The molecule has 0 spiro atoms. The second-order valence-electron chi connectivity index (χ2n) is 5.02. The molecule has 0 aromatic heterocycles. The van der Waals surface area contributed by atoms with Gasteiger partial charge in [-0.15, -0.1) is 0 Å². The van der Waals surface area contributed by atoms with Gasteiger partial charge in [0, 0.05) is 0 Å². The van der Waals surface area contributed by atoms with Crippen molar-refractivity contribution in [2.45, 2.75) is 25.7 Å². The van der Waals surface area contributed by atoms with Gasteiger partial charge in [-0.25, -0.2) is 0 Å². The van der Waals surface area contributed by atoms with E-state index in [0.29, 0.717) is 0 Å².